The smallest absolute Gasteiger partial charge is 0.258 e. The van der Waals surface area contributed by atoms with Crippen LogP contribution in [-0.4, -0.2) is 34.8 Å². The molecule has 0 saturated carbocycles. The molecule has 0 aliphatic rings. The minimum absolute atomic E-state index is 0.178. The van der Waals surface area contributed by atoms with E-state index in [-0.39, 0.29) is 11.8 Å². The molecule has 0 bridgehead atoms. The van der Waals surface area contributed by atoms with Crippen molar-refractivity contribution in [3.05, 3.63) is 131 Å². The standard InChI is InChI=1S/2C17H15N3O2S/c2*1-22-14-8-6-13(7-9-14)19-15-4-2-3-5-16(15)20-17(21)12-10-18-23-11-12/h2*2-11,19H,1H3,(H,20,21). The van der Waals surface area contributed by atoms with Crippen LogP contribution in [-0.2, 0) is 0 Å². The minimum Gasteiger partial charge on any atom is -0.497 e. The molecule has 0 atom stereocenters. The number of ether oxygens (including phenoxy) is 2. The molecule has 6 rings (SSSR count). The molecule has 0 fully saturated rings. The molecule has 4 N–H and O–H groups in total. The molecule has 12 heteroatoms. The Hall–Kier alpha value is -5.72. The summed E-state index contributed by atoms with van der Waals surface area (Å²) in [6.45, 7) is 0. The molecule has 232 valence electrons. The monoisotopic (exact) mass is 650 g/mol. The van der Waals surface area contributed by atoms with Crippen molar-refractivity contribution in [2.75, 3.05) is 35.5 Å². The third-order valence-electron chi connectivity index (χ3n) is 6.48. The lowest BCUT2D eigenvalue weighted by atomic mass is 10.2. The summed E-state index contributed by atoms with van der Waals surface area (Å²) < 4.78 is 18.2. The zero-order valence-corrected chi connectivity index (χ0v) is 26.5. The van der Waals surface area contributed by atoms with E-state index in [1.165, 1.54) is 23.1 Å². The van der Waals surface area contributed by atoms with Crippen molar-refractivity contribution in [1.82, 2.24) is 8.75 Å². The molecule has 10 nitrogen and oxygen atoms in total. The van der Waals surface area contributed by atoms with Gasteiger partial charge in [0.1, 0.15) is 11.5 Å². The SMILES string of the molecule is COc1ccc(Nc2ccccc2NC(=O)c2cnsc2)cc1.COc1ccc(Nc2ccccc2NC(=O)c2cnsc2)cc1. The van der Waals surface area contributed by atoms with Gasteiger partial charge in [-0.3, -0.25) is 9.59 Å². The van der Waals surface area contributed by atoms with Crippen LogP contribution in [0.15, 0.2) is 120 Å². The Morgan fingerprint density at radius 2 is 0.913 bits per heavy atom. The van der Waals surface area contributed by atoms with Crippen LogP contribution in [0.1, 0.15) is 20.7 Å². The highest BCUT2D eigenvalue weighted by atomic mass is 32.1. The number of anilines is 6. The Morgan fingerprint density at radius 1 is 0.543 bits per heavy atom. The molecule has 0 aliphatic carbocycles. The van der Waals surface area contributed by atoms with Crippen LogP contribution in [0.5, 0.6) is 11.5 Å². The van der Waals surface area contributed by atoms with Crippen molar-refractivity contribution in [3.8, 4) is 11.5 Å². The first-order valence-corrected chi connectivity index (χ1v) is 15.6. The molecule has 46 heavy (non-hydrogen) atoms. The highest BCUT2D eigenvalue weighted by Gasteiger charge is 2.11. The predicted molar refractivity (Wildman–Crippen MR) is 186 cm³/mol. The summed E-state index contributed by atoms with van der Waals surface area (Å²) in [5.41, 5.74) is 5.96. The van der Waals surface area contributed by atoms with Crippen LogP contribution in [0.3, 0.4) is 0 Å². The van der Waals surface area contributed by atoms with Crippen LogP contribution < -0.4 is 30.7 Å². The van der Waals surface area contributed by atoms with Gasteiger partial charge < -0.3 is 30.7 Å². The van der Waals surface area contributed by atoms with Crippen LogP contribution in [0.2, 0.25) is 0 Å². The Balaban J connectivity index is 0.000000181. The fourth-order valence-electron chi connectivity index (χ4n) is 4.08. The van der Waals surface area contributed by atoms with Gasteiger partial charge >= 0.3 is 0 Å². The van der Waals surface area contributed by atoms with E-state index in [1.807, 2.05) is 97.1 Å². The molecule has 0 spiro atoms. The average Bonchev–Trinajstić information content (AvgIpc) is 3.84. The second-order valence-corrected chi connectivity index (χ2v) is 10.8. The van der Waals surface area contributed by atoms with Crippen molar-refractivity contribution in [2.24, 2.45) is 0 Å². The number of rotatable bonds is 10. The number of carbonyl (C=O) groups excluding carboxylic acids is 2. The van der Waals surface area contributed by atoms with Crippen molar-refractivity contribution >= 4 is 69.0 Å². The van der Waals surface area contributed by atoms with Gasteiger partial charge in [-0.1, -0.05) is 24.3 Å². The van der Waals surface area contributed by atoms with E-state index >= 15 is 0 Å². The number of aromatic nitrogens is 2. The normalized spacial score (nSPS) is 10.1. The Labute approximate surface area is 274 Å². The molecule has 6 aromatic rings. The molecule has 0 aliphatic heterocycles. The second kappa shape index (κ2) is 15.8. The molecular formula is C34H30N6O4S2. The maximum atomic E-state index is 12.2. The van der Waals surface area contributed by atoms with E-state index < -0.39 is 0 Å². The summed E-state index contributed by atoms with van der Waals surface area (Å²) in [6.07, 6.45) is 3.11. The van der Waals surface area contributed by atoms with Crippen molar-refractivity contribution < 1.29 is 19.1 Å². The van der Waals surface area contributed by atoms with E-state index in [1.54, 1.807) is 37.4 Å². The van der Waals surface area contributed by atoms with Gasteiger partial charge in [-0.05, 0) is 95.9 Å². The summed E-state index contributed by atoms with van der Waals surface area (Å²) >= 11 is 2.50. The first-order chi connectivity index (χ1) is 22.5. The van der Waals surface area contributed by atoms with Crippen LogP contribution >= 0.6 is 23.1 Å². The van der Waals surface area contributed by atoms with E-state index in [0.29, 0.717) is 22.5 Å². The lowest BCUT2D eigenvalue weighted by Gasteiger charge is -2.13. The van der Waals surface area contributed by atoms with Crippen LogP contribution in [0.4, 0.5) is 34.1 Å². The number of carbonyl (C=O) groups is 2. The van der Waals surface area contributed by atoms with Gasteiger partial charge in [-0.25, -0.2) is 8.75 Å². The number of methoxy groups -OCH3 is 2. The maximum absolute atomic E-state index is 12.2. The van der Waals surface area contributed by atoms with Gasteiger partial charge in [-0.2, -0.15) is 0 Å². The summed E-state index contributed by atoms with van der Waals surface area (Å²) in [6, 6.07) is 30.3. The summed E-state index contributed by atoms with van der Waals surface area (Å²) in [5.74, 6) is 1.23. The molecule has 2 aromatic heterocycles. The van der Waals surface area contributed by atoms with Gasteiger partial charge in [-0.15, -0.1) is 0 Å². The van der Waals surface area contributed by atoms with Gasteiger partial charge in [0.05, 0.1) is 60.5 Å². The first-order valence-electron chi connectivity index (χ1n) is 13.9. The number of benzene rings is 4. The maximum Gasteiger partial charge on any atom is 0.258 e. The Morgan fingerprint density at radius 3 is 1.24 bits per heavy atom. The van der Waals surface area contributed by atoms with E-state index in [4.69, 9.17) is 9.47 Å². The Bertz CT molecular complexity index is 1710. The third-order valence-corrected chi connectivity index (χ3v) is 7.65. The van der Waals surface area contributed by atoms with Crippen molar-refractivity contribution in [1.29, 1.82) is 0 Å². The third kappa shape index (κ3) is 8.68. The lowest BCUT2D eigenvalue weighted by Crippen LogP contribution is -2.12. The van der Waals surface area contributed by atoms with E-state index in [2.05, 4.69) is 30.0 Å². The molecule has 2 heterocycles. The number of nitrogens with one attached hydrogen (secondary N) is 4. The lowest BCUT2D eigenvalue weighted by molar-refractivity contribution is 0.101. The fraction of sp³-hybridized carbons (Fsp3) is 0.0588. The number of nitrogens with zero attached hydrogens (tertiary/aromatic N) is 2. The van der Waals surface area contributed by atoms with Gasteiger partial charge in [0.2, 0.25) is 0 Å². The minimum atomic E-state index is -0.178. The predicted octanol–water partition coefficient (Wildman–Crippen LogP) is 8.30. The summed E-state index contributed by atoms with van der Waals surface area (Å²) in [4.78, 5) is 24.3. The van der Waals surface area contributed by atoms with Crippen molar-refractivity contribution in [2.45, 2.75) is 0 Å². The number of hydrogen-bond acceptors (Lipinski definition) is 10. The largest absolute Gasteiger partial charge is 0.497 e. The molecule has 0 radical (unpaired) electrons. The summed E-state index contributed by atoms with van der Waals surface area (Å²) in [5, 5.41) is 15.8. The first kappa shape index (κ1) is 31.7. The van der Waals surface area contributed by atoms with Gasteiger partial charge in [0, 0.05) is 22.1 Å². The van der Waals surface area contributed by atoms with Gasteiger partial charge in [0.25, 0.3) is 11.8 Å². The molecular weight excluding hydrogens is 621 g/mol. The number of para-hydroxylation sites is 4. The zero-order valence-electron chi connectivity index (χ0n) is 24.9. The van der Waals surface area contributed by atoms with Crippen molar-refractivity contribution in [3.63, 3.8) is 0 Å². The van der Waals surface area contributed by atoms with Gasteiger partial charge in [0.15, 0.2) is 0 Å². The topological polar surface area (TPSA) is 127 Å². The fourth-order valence-corrected chi connectivity index (χ4v) is 5.12. The average molecular weight is 651 g/mol. The highest BCUT2D eigenvalue weighted by molar-refractivity contribution is 7.04. The quantitative estimate of drug-likeness (QED) is 0.117. The molecule has 0 saturated heterocycles. The number of hydrogen-bond donors (Lipinski definition) is 4. The Kier molecular flexibility index (Phi) is 10.9. The number of amides is 2. The highest BCUT2D eigenvalue weighted by Crippen LogP contribution is 2.28. The van der Waals surface area contributed by atoms with Crippen LogP contribution in [0, 0.1) is 0 Å². The summed E-state index contributed by atoms with van der Waals surface area (Å²) in [7, 11) is 3.26. The zero-order chi connectivity index (χ0) is 32.1. The molecule has 0 unspecified atom stereocenters. The molecule has 2 amide bonds. The second-order valence-electron chi connectivity index (χ2n) is 9.53. The van der Waals surface area contributed by atoms with E-state index in [0.717, 1.165) is 34.2 Å². The van der Waals surface area contributed by atoms with Crippen LogP contribution in [0.25, 0.3) is 0 Å². The molecule has 4 aromatic carbocycles. The van der Waals surface area contributed by atoms with E-state index in [9.17, 15) is 9.59 Å².